The molecule has 0 aliphatic carbocycles. The lowest BCUT2D eigenvalue weighted by atomic mass is 9.84. The Bertz CT molecular complexity index is 3130. The van der Waals surface area contributed by atoms with Crippen LogP contribution in [-0.4, -0.2) is 0 Å². The highest BCUT2D eigenvalue weighted by molar-refractivity contribution is 7.24. The average molecular weight is 723 g/mol. The fourth-order valence-corrected chi connectivity index (χ4v) is 11.6. The molecule has 9 aromatic carbocycles. The third-order valence-electron chi connectivity index (χ3n) is 11.3. The summed E-state index contributed by atoms with van der Waals surface area (Å²) in [7, 11) is 0. The van der Waals surface area contributed by atoms with Gasteiger partial charge < -0.3 is 0 Å². The van der Waals surface area contributed by atoms with Gasteiger partial charge in [0.2, 0.25) is 0 Å². The maximum atomic E-state index is 2.54. The summed E-state index contributed by atoms with van der Waals surface area (Å²) in [5.74, 6) is 0. The molecular weight excluding hydrogens is 689 g/mol. The molecule has 2 aromatic heterocycles. The number of hydrogen-bond acceptors (Lipinski definition) is 2. The molecule has 11 aromatic rings. The summed E-state index contributed by atoms with van der Waals surface area (Å²) in [6.45, 7) is 4.55. The molecule has 0 aliphatic heterocycles. The van der Waals surface area contributed by atoms with Gasteiger partial charge in [-0.15, -0.1) is 22.7 Å². The molecule has 0 atom stereocenters. The van der Waals surface area contributed by atoms with Crippen molar-refractivity contribution in [3.05, 3.63) is 181 Å². The second-order valence-electron chi connectivity index (χ2n) is 14.5. The van der Waals surface area contributed by atoms with E-state index < -0.39 is 0 Å². The Kier molecular flexibility index (Phi) is 7.14. The van der Waals surface area contributed by atoms with Crippen molar-refractivity contribution >= 4 is 75.2 Å². The van der Waals surface area contributed by atoms with Crippen LogP contribution >= 0.6 is 22.7 Å². The molecule has 0 spiro atoms. The molecule has 0 unspecified atom stereocenters. The van der Waals surface area contributed by atoms with E-state index in [0.717, 1.165) is 0 Å². The summed E-state index contributed by atoms with van der Waals surface area (Å²) < 4.78 is 2.70. The van der Waals surface area contributed by atoms with Crippen LogP contribution in [0.2, 0.25) is 0 Å². The molecule has 254 valence electrons. The molecular formula is C52H34S2. The number of fused-ring (bicyclic) bond motifs is 4. The first-order valence-electron chi connectivity index (χ1n) is 18.6. The highest BCUT2D eigenvalue weighted by atomic mass is 32.1. The van der Waals surface area contributed by atoms with E-state index in [1.54, 1.807) is 0 Å². The smallest absolute Gasteiger partial charge is 0.0435 e. The maximum absolute atomic E-state index is 2.54. The van der Waals surface area contributed by atoms with E-state index in [2.05, 4.69) is 184 Å². The van der Waals surface area contributed by atoms with Gasteiger partial charge in [-0.1, -0.05) is 152 Å². The van der Waals surface area contributed by atoms with Crippen molar-refractivity contribution in [2.45, 2.75) is 13.8 Å². The number of aryl methyl sites for hydroxylation is 2. The largest absolute Gasteiger partial charge is 0.134 e. The predicted molar refractivity (Wildman–Crippen MR) is 238 cm³/mol. The molecule has 0 saturated carbocycles. The third-order valence-corrected chi connectivity index (χ3v) is 13.8. The summed E-state index contributed by atoms with van der Waals surface area (Å²) >= 11 is 3.88. The Balaban J connectivity index is 1.35. The molecule has 0 bridgehead atoms. The third kappa shape index (κ3) is 4.67. The molecule has 0 radical (unpaired) electrons. The summed E-state index contributed by atoms with van der Waals surface area (Å²) in [6.07, 6.45) is 0. The van der Waals surface area contributed by atoms with Crippen LogP contribution in [0.3, 0.4) is 0 Å². The molecule has 11 rings (SSSR count). The molecule has 0 nitrogen and oxygen atoms in total. The van der Waals surface area contributed by atoms with Crippen LogP contribution in [0.4, 0.5) is 0 Å². The van der Waals surface area contributed by atoms with Gasteiger partial charge in [0.25, 0.3) is 0 Å². The van der Waals surface area contributed by atoms with Crippen molar-refractivity contribution in [3.63, 3.8) is 0 Å². The monoisotopic (exact) mass is 722 g/mol. The van der Waals surface area contributed by atoms with Crippen LogP contribution < -0.4 is 0 Å². The molecule has 2 heterocycles. The van der Waals surface area contributed by atoms with Crippen LogP contribution in [0.15, 0.2) is 170 Å². The summed E-state index contributed by atoms with van der Waals surface area (Å²) in [4.78, 5) is 2.64. The predicted octanol–water partition coefficient (Wildman–Crippen LogP) is 16.0. The van der Waals surface area contributed by atoms with Crippen molar-refractivity contribution in [3.8, 4) is 54.3 Å². The maximum Gasteiger partial charge on any atom is 0.0435 e. The SMILES string of the molecule is Cc1cccc(C)c1-c1cc2c3sc(-c4ccccc4)c(-c4ccccc4)c3cc3ccc4c5sc(-c6ccccc6)c(-c6ccccc6)c5cc1c4c32. The van der Waals surface area contributed by atoms with Crippen LogP contribution in [-0.2, 0) is 0 Å². The Hall–Kier alpha value is -6.06. The van der Waals surface area contributed by atoms with Crippen molar-refractivity contribution in [1.82, 2.24) is 0 Å². The van der Waals surface area contributed by atoms with Crippen LogP contribution in [0.5, 0.6) is 0 Å². The highest BCUT2D eigenvalue weighted by Gasteiger charge is 2.25. The number of thiophene rings is 2. The number of hydrogen-bond donors (Lipinski definition) is 0. The average Bonchev–Trinajstić information content (AvgIpc) is 3.80. The van der Waals surface area contributed by atoms with Crippen LogP contribution in [0.1, 0.15) is 11.1 Å². The first-order chi connectivity index (χ1) is 26.6. The van der Waals surface area contributed by atoms with Gasteiger partial charge in [-0.3, -0.25) is 0 Å². The van der Waals surface area contributed by atoms with E-state index in [1.165, 1.54) is 118 Å². The standard InChI is InChI=1S/C52H34S2/c1-31-16-15-17-32(2)44(31)39-29-42-45-37(28-41-46(33-18-7-3-8-19-33)49(54-52(41)42)35-22-11-5-12-23-35)26-27-38-48(45)40(39)30-43-47(34-20-9-4-10-21-34)50(53-51(38)43)36-24-13-6-14-25-36/h3-30H,1-2H3. The summed E-state index contributed by atoms with van der Waals surface area (Å²) in [5, 5.41) is 10.7. The van der Waals surface area contributed by atoms with E-state index in [0.29, 0.717) is 0 Å². The highest BCUT2D eigenvalue weighted by Crippen LogP contribution is 2.55. The van der Waals surface area contributed by atoms with Crippen LogP contribution in [0, 0.1) is 13.8 Å². The lowest BCUT2D eigenvalue weighted by molar-refractivity contribution is 1.39. The van der Waals surface area contributed by atoms with Crippen molar-refractivity contribution < 1.29 is 0 Å². The lowest BCUT2D eigenvalue weighted by Gasteiger charge is -2.19. The molecule has 0 N–H and O–H groups in total. The van der Waals surface area contributed by atoms with Crippen molar-refractivity contribution in [1.29, 1.82) is 0 Å². The van der Waals surface area contributed by atoms with Gasteiger partial charge >= 0.3 is 0 Å². The van der Waals surface area contributed by atoms with Gasteiger partial charge in [0, 0.05) is 51.8 Å². The van der Waals surface area contributed by atoms with Gasteiger partial charge in [-0.05, 0) is 98.1 Å². The first kappa shape index (κ1) is 31.5. The normalized spacial score (nSPS) is 11.9. The van der Waals surface area contributed by atoms with E-state index >= 15 is 0 Å². The quantitative estimate of drug-likeness (QED) is 0.155. The minimum atomic E-state index is 1.26. The van der Waals surface area contributed by atoms with Crippen molar-refractivity contribution in [2.24, 2.45) is 0 Å². The van der Waals surface area contributed by atoms with Gasteiger partial charge in [-0.25, -0.2) is 0 Å². The van der Waals surface area contributed by atoms with E-state index in [4.69, 9.17) is 0 Å². The van der Waals surface area contributed by atoms with Crippen molar-refractivity contribution in [2.75, 3.05) is 0 Å². The molecule has 2 heteroatoms. The minimum Gasteiger partial charge on any atom is -0.134 e. The molecule has 0 saturated heterocycles. The van der Waals surface area contributed by atoms with E-state index in [9.17, 15) is 0 Å². The van der Waals surface area contributed by atoms with E-state index in [-0.39, 0.29) is 0 Å². The lowest BCUT2D eigenvalue weighted by Crippen LogP contribution is -1.93. The summed E-state index contributed by atoms with van der Waals surface area (Å²) in [5.41, 5.74) is 12.9. The van der Waals surface area contributed by atoms with Gasteiger partial charge in [0.15, 0.2) is 0 Å². The zero-order valence-electron chi connectivity index (χ0n) is 30.0. The Labute approximate surface area is 322 Å². The Morgan fingerprint density at radius 2 is 0.815 bits per heavy atom. The topological polar surface area (TPSA) is 0 Å². The fraction of sp³-hybridized carbons (Fsp3) is 0.0385. The zero-order valence-corrected chi connectivity index (χ0v) is 31.6. The molecule has 0 fully saturated rings. The molecule has 0 amide bonds. The Morgan fingerprint density at radius 3 is 1.35 bits per heavy atom. The second kappa shape index (κ2) is 12.2. The van der Waals surface area contributed by atoms with Crippen LogP contribution in [0.25, 0.3) is 107 Å². The molecule has 0 aliphatic rings. The van der Waals surface area contributed by atoms with Gasteiger partial charge in [0.05, 0.1) is 0 Å². The second-order valence-corrected chi connectivity index (χ2v) is 16.5. The first-order valence-corrected chi connectivity index (χ1v) is 20.2. The summed E-state index contributed by atoms with van der Waals surface area (Å²) in [6, 6.07) is 63.0. The van der Waals surface area contributed by atoms with E-state index in [1.807, 2.05) is 22.7 Å². The van der Waals surface area contributed by atoms with Gasteiger partial charge in [-0.2, -0.15) is 0 Å². The Morgan fingerprint density at radius 1 is 0.333 bits per heavy atom. The zero-order chi connectivity index (χ0) is 35.9. The number of rotatable bonds is 5. The van der Waals surface area contributed by atoms with Gasteiger partial charge in [0.1, 0.15) is 0 Å². The molecule has 54 heavy (non-hydrogen) atoms. The minimum absolute atomic E-state index is 1.26. The number of benzene rings is 9. The fourth-order valence-electron chi connectivity index (χ4n) is 8.93.